The Morgan fingerprint density at radius 3 is 2.65 bits per heavy atom. The normalized spacial score (nSPS) is 11.8. The summed E-state index contributed by atoms with van der Waals surface area (Å²) >= 11 is 0. The third kappa shape index (κ3) is 5.71. The number of nitrogens with one attached hydrogen (secondary N) is 2. The molecule has 0 saturated heterocycles. The number of hydrogen-bond donors (Lipinski definition) is 2. The van der Waals surface area contributed by atoms with E-state index < -0.39 is 0 Å². The number of anilines is 1. The molecule has 0 heterocycles. The number of benzene rings is 2. The Morgan fingerprint density at radius 1 is 1.22 bits per heavy atom. The maximum atomic E-state index is 13.4. The molecule has 5 heteroatoms. The van der Waals surface area contributed by atoms with Gasteiger partial charge in [0.1, 0.15) is 24.7 Å². The zero-order valence-corrected chi connectivity index (χ0v) is 13.4. The lowest BCUT2D eigenvalue weighted by atomic mass is 10.2. The maximum Gasteiger partial charge on any atom is 0.279 e. The van der Waals surface area contributed by atoms with Crippen LogP contribution in [0.2, 0.25) is 0 Å². The molecule has 2 aromatic rings. The first kappa shape index (κ1) is 17.0. The van der Waals surface area contributed by atoms with Crippen molar-refractivity contribution in [2.24, 2.45) is 0 Å². The highest BCUT2D eigenvalue weighted by molar-refractivity contribution is 5.91. The van der Waals surface area contributed by atoms with E-state index in [0.717, 1.165) is 10.6 Å². The number of likely N-dealkylation sites (N-methyl/N-ethyl adjacent to an activating group) is 1. The van der Waals surface area contributed by atoms with Crippen LogP contribution in [0, 0.1) is 12.7 Å². The Kier molecular flexibility index (Phi) is 6.11. The molecule has 23 heavy (non-hydrogen) atoms. The van der Waals surface area contributed by atoms with Crippen LogP contribution in [0.4, 0.5) is 10.1 Å². The van der Waals surface area contributed by atoms with Gasteiger partial charge in [-0.1, -0.05) is 24.3 Å². The van der Waals surface area contributed by atoms with Crippen molar-refractivity contribution < 1.29 is 18.8 Å². The minimum atomic E-state index is -0.320. The first-order chi connectivity index (χ1) is 11.0. The highest BCUT2D eigenvalue weighted by atomic mass is 19.1. The Hall–Kier alpha value is -2.40. The average Bonchev–Trinajstić information content (AvgIpc) is 2.52. The first-order valence-corrected chi connectivity index (χ1v) is 7.60. The van der Waals surface area contributed by atoms with Crippen molar-refractivity contribution in [1.29, 1.82) is 0 Å². The van der Waals surface area contributed by atoms with E-state index in [0.29, 0.717) is 30.9 Å². The van der Waals surface area contributed by atoms with E-state index >= 15 is 0 Å². The number of ether oxygens (including phenoxy) is 1. The second-order valence-electron chi connectivity index (χ2n) is 5.56. The van der Waals surface area contributed by atoms with E-state index in [1.54, 1.807) is 19.1 Å². The van der Waals surface area contributed by atoms with Crippen LogP contribution in [0.1, 0.15) is 5.56 Å². The highest BCUT2D eigenvalue weighted by Gasteiger charge is 2.11. The van der Waals surface area contributed by atoms with Gasteiger partial charge in [-0.2, -0.15) is 0 Å². The number of amides is 1. The predicted octanol–water partition coefficient (Wildman–Crippen LogP) is 1.67. The molecule has 0 radical (unpaired) electrons. The van der Waals surface area contributed by atoms with Gasteiger partial charge in [-0.05, 0) is 36.8 Å². The summed E-state index contributed by atoms with van der Waals surface area (Å²) in [5, 5.41) is 2.71. The summed E-state index contributed by atoms with van der Waals surface area (Å²) in [6.07, 6.45) is 0. The summed E-state index contributed by atoms with van der Waals surface area (Å²) in [7, 11) is 1.92. The van der Waals surface area contributed by atoms with E-state index in [1.165, 1.54) is 6.07 Å². The van der Waals surface area contributed by atoms with Crippen LogP contribution in [0.15, 0.2) is 48.5 Å². The monoisotopic (exact) mass is 317 g/mol. The number of carbonyl (C=O) groups is 1. The first-order valence-electron chi connectivity index (χ1n) is 7.60. The molecule has 0 aliphatic rings. The standard InChI is InChI=1S/C18H21FN2O2/c1-14-8-9-15(12-17(14)19)20-18(22)13-21(2)10-11-23-16-6-4-3-5-7-16/h3-9,12H,10-11,13H2,1-2H3,(H,20,22)/p+1. The Balaban J connectivity index is 1.72. The van der Waals surface area contributed by atoms with Gasteiger partial charge in [0.15, 0.2) is 6.54 Å². The van der Waals surface area contributed by atoms with E-state index in [-0.39, 0.29) is 11.7 Å². The van der Waals surface area contributed by atoms with Crippen LogP contribution >= 0.6 is 0 Å². The molecule has 4 nitrogen and oxygen atoms in total. The number of quaternary nitrogens is 1. The fourth-order valence-corrected chi connectivity index (χ4v) is 2.10. The van der Waals surface area contributed by atoms with Gasteiger partial charge in [0.25, 0.3) is 5.91 Å². The van der Waals surface area contributed by atoms with Crippen LogP contribution in [0.5, 0.6) is 5.75 Å². The molecule has 0 aliphatic heterocycles. The lowest BCUT2D eigenvalue weighted by Gasteiger charge is -2.14. The van der Waals surface area contributed by atoms with E-state index in [1.807, 2.05) is 37.4 Å². The zero-order valence-electron chi connectivity index (χ0n) is 13.4. The van der Waals surface area contributed by atoms with E-state index in [9.17, 15) is 9.18 Å². The molecule has 0 spiro atoms. The fourth-order valence-electron chi connectivity index (χ4n) is 2.10. The van der Waals surface area contributed by atoms with Gasteiger partial charge in [0.2, 0.25) is 0 Å². The van der Waals surface area contributed by atoms with E-state index in [4.69, 9.17) is 4.74 Å². The summed E-state index contributed by atoms with van der Waals surface area (Å²) < 4.78 is 19.1. The molecule has 2 N–H and O–H groups in total. The number of para-hydroxylation sites is 1. The Morgan fingerprint density at radius 2 is 1.96 bits per heavy atom. The van der Waals surface area contributed by atoms with Gasteiger partial charge in [-0.15, -0.1) is 0 Å². The van der Waals surface area contributed by atoms with Crippen molar-refractivity contribution in [3.05, 3.63) is 59.9 Å². The van der Waals surface area contributed by atoms with Gasteiger partial charge < -0.3 is 15.0 Å². The third-order valence-electron chi connectivity index (χ3n) is 3.46. The highest BCUT2D eigenvalue weighted by Crippen LogP contribution is 2.13. The quantitative estimate of drug-likeness (QED) is 0.816. The van der Waals surface area contributed by atoms with E-state index in [2.05, 4.69) is 5.32 Å². The van der Waals surface area contributed by atoms with Crippen molar-refractivity contribution in [3.8, 4) is 5.75 Å². The van der Waals surface area contributed by atoms with Gasteiger partial charge in [-0.3, -0.25) is 4.79 Å². The largest absolute Gasteiger partial charge is 0.488 e. The van der Waals surface area contributed by atoms with Crippen molar-refractivity contribution in [1.82, 2.24) is 0 Å². The molecule has 0 aromatic heterocycles. The second kappa shape index (κ2) is 8.29. The summed E-state index contributed by atoms with van der Waals surface area (Å²) in [6.45, 7) is 3.21. The minimum Gasteiger partial charge on any atom is -0.488 e. The van der Waals surface area contributed by atoms with Crippen molar-refractivity contribution in [3.63, 3.8) is 0 Å². The topological polar surface area (TPSA) is 42.8 Å². The van der Waals surface area contributed by atoms with Crippen LogP contribution < -0.4 is 15.0 Å². The molecule has 0 aliphatic carbocycles. The Bertz CT molecular complexity index is 647. The molecule has 2 rings (SSSR count). The summed E-state index contributed by atoms with van der Waals surface area (Å²) in [4.78, 5) is 13.0. The third-order valence-corrected chi connectivity index (χ3v) is 3.46. The number of carbonyl (C=O) groups excluding carboxylic acids is 1. The molecule has 0 bridgehead atoms. The summed E-state index contributed by atoms with van der Waals surface area (Å²) in [6, 6.07) is 14.2. The fraction of sp³-hybridized carbons (Fsp3) is 0.278. The number of hydrogen-bond acceptors (Lipinski definition) is 2. The van der Waals surface area contributed by atoms with Crippen molar-refractivity contribution >= 4 is 11.6 Å². The lowest BCUT2D eigenvalue weighted by Crippen LogP contribution is -3.10. The van der Waals surface area contributed by atoms with Crippen molar-refractivity contribution in [2.45, 2.75) is 6.92 Å². The smallest absolute Gasteiger partial charge is 0.279 e. The van der Waals surface area contributed by atoms with Gasteiger partial charge in [0, 0.05) is 5.69 Å². The zero-order chi connectivity index (χ0) is 16.7. The maximum absolute atomic E-state index is 13.4. The number of halogens is 1. The van der Waals surface area contributed by atoms with Crippen molar-refractivity contribution in [2.75, 3.05) is 32.1 Å². The van der Waals surface area contributed by atoms with Gasteiger partial charge >= 0.3 is 0 Å². The summed E-state index contributed by atoms with van der Waals surface area (Å²) in [5.74, 6) is 0.352. The predicted molar refractivity (Wildman–Crippen MR) is 88.3 cm³/mol. The molecular weight excluding hydrogens is 295 g/mol. The molecular formula is C18H22FN2O2+. The SMILES string of the molecule is Cc1ccc(NC(=O)C[NH+](C)CCOc2ccccc2)cc1F. The minimum absolute atomic E-state index is 0.148. The Labute approximate surface area is 135 Å². The molecule has 1 amide bonds. The van der Waals surface area contributed by atoms with Gasteiger partial charge in [-0.25, -0.2) is 4.39 Å². The second-order valence-corrected chi connectivity index (χ2v) is 5.56. The summed E-state index contributed by atoms with van der Waals surface area (Å²) in [5.41, 5.74) is 1.04. The number of rotatable bonds is 7. The van der Waals surface area contributed by atoms with Crippen LogP contribution in [-0.4, -0.2) is 32.7 Å². The molecule has 122 valence electrons. The molecule has 0 saturated carbocycles. The van der Waals surface area contributed by atoms with Crippen LogP contribution in [0.25, 0.3) is 0 Å². The average molecular weight is 317 g/mol. The molecule has 0 fully saturated rings. The van der Waals surface area contributed by atoms with Crippen LogP contribution in [-0.2, 0) is 4.79 Å². The molecule has 1 unspecified atom stereocenters. The van der Waals surface area contributed by atoms with Crippen LogP contribution in [0.3, 0.4) is 0 Å². The number of aryl methyl sites for hydroxylation is 1. The lowest BCUT2D eigenvalue weighted by molar-refractivity contribution is -0.871. The molecule has 1 atom stereocenters. The van der Waals surface area contributed by atoms with Gasteiger partial charge in [0.05, 0.1) is 7.05 Å². The molecule has 2 aromatic carbocycles.